The van der Waals surface area contributed by atoms with Crippen LogP contribution in [0.2, 0.25) is 0 Å². The van der Waals surface area contributed by atoms with Crippen LogP contribution >= 0.6 is 31.9 Å². The van der Waals surface area contributed by atoms with E-state index in [1.807, 2.05) is 0 Å². The molecule has 5 heteroatoms. The minimum absolute atomic E-state index is 0.324. The molecule has 0 unspecified atom stereocenters. The first kappa shape index (κ1) is 10.8. The topological polar surface area (TPSA) is 26.0 Å². The van der Waals surface area contributed by atoms with Crippen molar-refractivity contribution in [2.75, 3.05) is 0 Å². The van der Waals surface area contributed by atoms with Crippen LogP contribution in [0, 0.1) is 5.82 Å². The van der Waals surface area contributed by atoms with Gasteiger partial charge in [0.2, 0.25) is 0 Å². The molecule has 0 amide bonds. The Kier molecular flexibility index (Phi) is 3.21. The van der Waals surface area contributed by atoms with Crippen molar-refractivity contribution < 1.29 is 8.91 Å². The van der Waals surface area contributed by atoms with Gasteiger partial charge in [-0.1, -0.05) is 37.0 Å². The second kappa shape index (κ2) is 4.45. The highest BCUT2D eigenvalue weighted by atomic mass is 79.9. The van der Waals surface area contributed by atoms with E-state index in [2.05, 4.69) is 37.0 Å². The van der Waals surface area contributed by atoms with Gasteiger partial charge in [-0.2, -0.15) is 0 Å². The van der Waals surface area contributed by atoms with Crippen molar-refractivity contribution in [3.05, 3.63) is 40.2 Å². The lowest BCUT2D eigenvalue weighted by Crippen LogP contribution is -1.81. The first-order valence-corrected chi connectivity index (χ1v) is 6.09. The van der Waals surface area contributed by atoms with Crippen LogP contribution in [0.4, 0.5) is 4.39 Å². The molecule has 0 radical (unpaired) electrons. The molecule has 0 bridgehead atoms. The van der Waals surface area contributed by atoms with Crippen LogP contribution in [0.5, 0.6) is 0 Å². The van der Waals surface area contributed by atoms with Crippen LogP contribution in [-0.2, 0) is 5.33 Å². The van der Waals surface area contributed by atoms with Crippen LogP contribution < -0.4 is 0 Å². The summed E-state index contributed by atoms with van der Waals surface area (Å²) >= 11 is 6.53. The SMILES string of the molecule is Fc1ccc(Br)cc1-c1cc(CBr)no1. The highest BCUT2D eigenvalue weighted by Crippen LogP contribution is 2.27. The molecule has 2 aromatic rings. The average Bonchev–Trinajstić information content (AvgIpc) is 2.70. The lowest BCUT2D eigenvalue weighted by Gasteiger charge is -1.98. The summed E-state index contributed by atoms with van der Waals surface area (Å²) in [5.74, 6) is 0.110. The Hall–Kier alpha value is -0.680. The van der Waals surface area contributed by atoms with Gasteiger partial charge in [0.15, 0.2) is 5.76 Å². The lowest BCUT2D eigenvalue weighted by atomic mass is 10.1. The Morgan fingerprint density at radius 3 is 2.80 bits per heavy atom. The molecule has 0 spiro atoms. The summed E-state index contributed by atoms with van der Waals surface area (Å²) in [6, 6.07) is 6.39. The minimum Gasteiger partial charge on any atom is -0.356 e. The highest BCUT2D eigenvalue weighted by Gasteiger charge is 2.11. The van der Waals surface area contributed by atoms with E-state index in [0.717, 1.165) is 10.2 Å². The van der Waals surface area contributed by atoms with Gasteiger partial charge in [0.05, 0.1) is 11.3 Å². The molecule has 0 aliphatic rings. The van der Waals surface area contributed by atoms with Crippen LogP contribution in [0.1, 0.15) is 5.69 Å². The fourth-order valence-corrected chi connectivity index (χ4v) is 1.81. The average molecular weight is 335 g/mol. The summed E-state index contributed by atoms with van der Waals surface area (Å²) in [6.07, 6.45) is 0. The lowest BCUT2D eigenvalue weighted by molar-refractivity contribution is 0.424. The van der Waals surface area contributed by atoms with Gasteiger partial charge in [-0.25, -0.2) is 4.39 Å². The summed E-state index contributed by atoms with van der Waals surface area (Å²) in [5, 5.41) is 4.37. The fraction of sp³-hybridized carbons (Fsp3) is 0.100. The number of halogens is 3. The Labute approximate surface area is 103 Å². The molecule has 1 aromatic heterocycles. The van der Waals surface area contributed by atoms with E-state index in [0.29, 0.717) is 16.7 Å². The summed E-state index contributed by atoms with van der Waals surface area (Å²) < 4.78 is 19.3. The summed E-state index contributed by atoms with van der Waals surface area (Å²) in [7, 11) is 0. The zero-order valence-corrected chi connectivity index (χ0v) is 10.7. The van der Waals surface area contributed by atoms with Crippen LogP contribution in [0.15, 0.2) is 33.3 Å². The molecule has 1 aromatic carbocycles. The maximum Gasteiger partial charge on any atom is 0.170 e. The minimum atomic E-state index is -0.324. The van der Waals surface area contributed by atoms with Gasteiger partial charge in [0.25, 0.3) is 0 Å². The zero-order chi connectivity index (χ0) is 10.8. The standard InChI is InChI=1S/C10H6Br2FNO/c11-5-7-4-10(15-14-7)8-3-6(12)1-2-9(8)13/h1-4H,5H2. The van der Waals surface area contributed by atoms with Crippen molar-refractivity contribution >= 4 is 31.9 Å². The largest absolute Gasteiger partial charge is 0.356 e. The van der Waals surface area contributed by atoms with Gasteiger partial charge in [0.1, 0.15) is 5.82 Å². The number of hydrogen-bond donors (Lipinski definition) is 0. The van der Waals surface area contributed by atoms with Crippen molar-refractivity contribution in [2.45, 2.75) is 5.33 Å². The van der Waals surface area contributed by atoms with Crippen molar-refractivity contribution in [1.82, 2.24) is 5.16 Å². The second-order valence-electron chi connectivity index (χ2n) is 2.94. The molecule has 1 heterocycles. The predicted molar refractivity (Wildman–Crippen MR) is 62.2 cm³/mol. The van der Waals surface area contributed by atoms with E-state index in [1.54, 1.807) is 18.2 Å². The van der Waals surface area contributed by atoms with E-state index in [9.17, 15) is 4.39 Å². The van der Waals surface area contributed by atoms with Gasteiger partial charge in [-0.15, -0.1) is 0 Å². The van der Waals surface area contributed by atoms with Gasteiger partial charge >= 0.3 is 0 Å². The summed E-state index contributed by atoms with van der Waals surface area (Å²) in [6.45, 7) is 0. The molecule has 0 saturated heterocycles. The van der Waals surface area contributed by atoms with Gasteiger partial charge in [-0.3, -0.25) is 0 Å². The van der Waals surface area contributed by atoms with Crippen molar-refractivity contribution in [3.8, 4) is 11.3 Å². The van der Waals surface area contributed by atoms with Gasteiger partial charge < -0.3 is 4.52 Å². The molecule has 78 valence electrons. The number of aromatic nitrogens is 1. The molecule has 0 aliphatic carbocycles. The third-order valence-corrected chi connectivity index (χ3v) is 2.96. The zero-order valence-electron chi connectivity index (χ0n) is 7.51. The number of alkyl halides is 1. The Morgan fingerprint density at radius 1 is 1.33 bits per heavy atom. The van der Waals surface area contributed by atoms with Crippen molar-refractivity contribution in [2.24, 2.45) is 0 Å². The first-order chi connectivity index (χ1) is 7.20. The monoisotopic (exact) mass is 333 g/mol. The van der Waals surface area contributed by atoms with E-state index < -0.39 is 0 Å². The van der Waals surface area contributed by atoms with Crippen molar-refractivity contribution in [1.29, 1.82) is 0 Å². The van der Waals surface area contributed by atoms with E-state index >= 15 is 0 Å². The molecular formula is C10H6Br2FNO. The summed E-state index contributed by atoms with van der Waals surface area (Å²) in [4.78, 5) is 0. The molecule has 0 N–H and O–H groups in total. The van der Waals surface area contributed by atoms with E-state index in [4.69, 9.17) is 4.52 Å². The number of benzene rings is 1. The van der Waals surface area contributed by atoms with Crippen LogP contribution in [0.25, 0.3) is 11.3 Å². The Balaban J connectivity index is 2.48. The number of rotatable bonds is 2. The quantitative estimate of drug-likeness (QED) is 0.771. The highest BCUT2D eigenvalue weighted by molar-refractivity contribution is 9.10. The molecule has 0 saturated carbocycles. The van der Waals surface area contributed by atoms with Crippen LogP contribution in [0.3, 0.4) is 0 Å². The fourth-order valence-electron chi connectivity index (χ4n) is 1.19. The third kappa shape index (κ3) is 2.29. The predicted octanol–water partition coefficient (Wildman–Crippen LogP) is 4.14. The first-order valence-electron chi connectivity index (χ1n) is 4.17. The number of nitrogens with zero attached hydrogens (tertiary/aromatic N) is 1. The third-order valence-electron chi connectivity index (χ3n) is 1.89. The molecular weight excluding hydrogens is 329 g/mol. The van der Waals surface area contributed by atoms with E-state index in [1.165, 1.54) is 6.07 Å². The molecule has 0 atom stereocenters. The smallest absolute Gasteiger partial charge is 0.170 e. The number of hydrogen-bond acceptors (Lipinski definition) is 2. The van der Waals surface area contributed by atoms with E-state index in [-0.39, 0.29) is 5.82 Å². The second-order valence-corrected chi connectivity index (χ2v) is 4.42. The maximum absolute atomic E-state index is 13.4. The maximum atomic E-state index is 13.4. The molecule has 0 aliphatic heterocycles. The van der Waals surface area contributed by atoms with Gasteiger partial charge in [0, 0.05) is 15.9 Å². The molecule has 15 heavy (non-hydrogen) atoms. The van der Waals surface area contributed by atoms with Crippen molar-refractivity contribution in [3.63, 3.8) is 0 Å². The Bertz CT molecular complexity index is 484. The Morgan fingerprint density at radius 2 is 2.13 bits per heavy atom. The van der Waals surface area contributed by atoms with Gasteiger partial charge in [-0.05, 0) is 18.2 Å². The molecule has 2 rings (SSSR count). The van der Waals surface area contributed by atoms with Crippen LogP contribution in [-0.4, -0.2) is 5.16 Å². The normalized spacial score (nSPS) is 10.6. The molecule has 0 fully saturated rings. The summed E-state index contributed by atoms with van der Waals surface area (Å²) in [5.41, 5.74) is 1.15. The molecule has 2 nitrogen and oxygen atoms in total.